The van der Waals surface area contributed by atoms with Crippen LogP contribution in [0.15, 0.2) is 17.0 Å². The lowest BCUT2D eigenvalue weighted by Crippen LogP contribution is -2.35. The predicted molar refractivity (Wildman–Crippen MR) is 102 cm³/mol. The molecule has 0 radical (unpaired) electrons. The van der Waals surface area contributed by atoms with Gasteiger partial charge in [0, 0.05) is 24.9 Å². The molecule has 2 aromatic rings. The van der Waals surface area contributed by atoms with Crippen LogP contribution in [0.1, 0.15) is 54.4 Å². The molecule has 146 valence electrons. The van der Waals surface area contributed by atoms with Crippen molar-refractivity contribution < 1.29 is 13.2 Å². The minimum atomic E-state index is -3.66. The fourth-order valence-corrected chi connectivity index (χ4v) is 5.23. The second kappa shape index (κ2) is 6.91. The molecule has 0 amide bonds. The van der Waals surface area contributed by atoms with Gasteiger partial charge in [-0.05, 0) is 62.8 Å². The highest BCUT2D eigenvalue weighted by Crippen LogP contribution is 2.39. The van der Waals surface area contributed by atoms with Gasteiger partial charge in [-0.3, -0.25) is 0 Å². The van der Waals surface area contributed by atoms with Gasteiger partial charge in [0.25, 0.3) is 0 Å². The van der Waals surface area contributed by atoms with Gasteiger partial charge in [-0.15, -0.1) is 10.2 Å². The van der Waals surface area contributed by atoms with Gasteiger partial charge in [0.1, 0.15) is 22.3 Å². The Morgan fingerprint density at radius 1 is 1.11 bits per heavy atom. The Labute approximate surface area is 160 Å². The summed E-state index contributed by atoms with van der Waals surface area (Å²) in [7, 11) is -2.16. The number of fused-ring (bicyclic) bond motifs is 1. The van der Waals surface area contributed by atoms with Crippen molar-refractivity contribution in [1.82, 2.24) is 19.5 Å². The Bertz CT molecular complexity index is 964. The van der Waals surface area contributed by atoms with Crippen LogP contribution >= 0.6 is 0 Å². The van der Waals surface area contributed by atoms with Crippen molar-refractivity contribution in [2.24, 2.45) is 0 Å². The Morgan fingerprint density at radius 3 is 2.56 bits per heavy atom. The third kappa shape index (κ3) is 3.60. The Balaban J connectivity index is 1.53. The Kier molecular flexibility index (Phi) is 4.71. The van der Waals surface area contributed by atoms with Crippen molar-refractivity contribution in [2.75, 3.05) is 7.11 Å². The third-order valence-electron chi connectivity index (χ3n) is 5.61. The first-order valence-corrected chi connectivity index (χ1v) is 11.0. The summed E-state index contributed by atoms with van der Waals surface area (Å²) in [6, 6.07) is 3.34. The van der Waals surface area contributed by atoms with Crippen molar-refractivity contribution in [3.8, 4) is 5.75 Å². The number of benzene rings is 1. The fraction of sp³-hybridized carbons (Fsp3) is 0.579. The summed E-state index contributed by atoms with van der Waals surface area (Å²) in [5.74, 6) is 2.97. The second-order valence-electron chi connectivity index (χ2n) is 7.63. The molecule has 0 bridgehead atoms. The van der Waals surface area contributed by atoms with Crippen LogP contribution in [0.2, 0.25) is 0 Å². The minimum Gasteiger partial charge on any atom is -0.495 e. The van der Waals surface area contributed by atoms with E-state index in [-0.39, 0.29) is 10.9 Å². The molecule has 1 aliphatic heterocycles. The molecule has 4 rings (SSSR count). The first-order valence-electron chi connectivity index (χ1n) is 9.48. The van der Waals surface area contributed by atoms with Crippen molar-refractivity contribution in [3.63, 3.8) is 0 Å². The number of hydrogen-bond donors (Lipinski definition) is 1. The lowest BCUT2D eigenvalue weighted by molar-refractivity contribution is 0.401. The minimum absolute atomic E-state index is 0.130. The molecule has 1 aliphatic carbocycles. The van der Waals surface area contributed by atoms with E-state index < -0.39 is 10.0 Å². The van der Waals surface area contributed by atoms with E-state index >= 15 is 0 Å². The van der Waals surface area contributed by atoms with Crippen LogP contribution in [-0.4, -0.2) is 36.3 Å². The number of methoxy groups -OCH3 is 1. The summed E-state index contributed by atoms with van der Waals surface area (Å²) in [6.45, 7) is 4.61. The third-order valence-corrected chi connectivity index (χ3v) is 7.15. The highest BCUT2D eigenvalue weighted by atomic mass is 32.2. The quantitative estimate of drug-likeness (QED) is 0.848. The number of nitrogens with one attached hydrogen (secondary N) is 1. The molecule has 0 spiro atoms. The number of nitrogens with zero attached hydrogens (tertiary/aromatic N) is 3. The monoisotopic (exact) mass is 390 g/mol. The largest absolute Gasteiger partial charge is 0.495 e. The molecule has 7 nitrogen and oxygen atoms in total. The van der Waals surface area contributed by atoms with Crippen LogP contribution < -0.4 is 9.46 Å². The number of ether oxygens (including phenoxy) is 1. The van der Waals surface area contributed by atoms with Gasteiger partial charge in [-0.25, -0.2) is 13.1 Å². The van der Waals surface area contributed by atoms with Gasteiger partial charge in [0.15, 0.2) is 0 Å². The molecule has 8 heteroatoms. The molecule has 2 heterocycles. The molecule has 0 saturated heterocycles. The van der Waals surface area contributed by atoms with Crippen LogP contribution in [0.5, 0.6) is 5.75 Å². The van der Waals surface area contributed by atoms with Gasteiger partial charge in [0.2, 0.25) is 10.0 Å². The SMILES string of the molecule is COc1cc(C)c(C)cc1S(=O)(=O)NC1CCc2nnc(C3CC3)n2CC1. The topological polar surface area (TPSA) is 86.1 Å². The summed E-state index contributed by atoms with van der Waals surface area (Å²) < 4.78 is 36.5. The van der Waals surface area contributed by atoms with E-state index in [1.54, 1.807) is 12.1 Å². The van der Waals surface area contributed by atoms with Crippen LogP contribution in [0.25, 0.3) is 0 Å². The summed E-state index contributed by atoms with van der Waals surface area (Å²) >= 11 is 0. The first kappa shape index (κ1) is 18.4. The van der Waals surface area contributed by atoms with Gasteiger partial charge in [0.05, 0.1) is 7.11 Å². The number of hydrogen-bond acceptors (Lipinski definition) is 5. The van der Waals surface area contributed by atoms with Gasteiger partial charge < -0.3 is 9.30 Å². The summed E-state index contributed by atoms with van der Waals surface area (Å²) in [5, 5.41) is 8.68. The van der Waals surface area contributed by atoms with E-state index in [0.717, 1.165) is 48.6 Å². The average molecular weight is 391 g/mol. The fourth-order valence-electron chi connectivity index (χ4n) is 3.69. The molecule has 27 heavy (non-hydrogen) atoms. The molecular weight excluding hydrogens is 364 g/mol. The molecule has 1 fully saturated rings. The van der Waals surface area contributed by atoms with E-state index in [1.165, 1.54) is 20.0 Å². The number of aromatic nitrogens is 3. The van der Waals surface area contributed by atoms with E-state index in [9.17, 15) is 8.42 Å². The summed E-state index contributed by atoms with van der Waals surface area (Å²) in [5.41, 5.74) is 1.93. The molecule has 1 aromatic heterocycles. The van der Waals surface area contributed by atoms with Crippen molar-refractivity contribution >= 4 is 10.0 Å². The molecule has 1 saturated carbocycles. The molecule has 1 aromatic carbocycles. The van der Waals surface area contributed by atoms with Gasteiger partial charge in [-0.1, -0.05) is 0 Å². The highest BCUT2D eigenvalue weighted by Gasteiger charge is 2.32. The Hall–Kier alpha value is -1.93. The average Bonchev–Trinajstić information content (AvgIpc) is 3.42. The van der Waals surface area contributed by atoms with Crippen LogP contribution in [0, 0.1) is 13.8 Å². The van der Waals surface area contributed by atoms with Crippen molar-refractivity contribution in [2.45, 2.75) is 69.4 Å². The molecule has 2 aliphatic rings. The maximum atomic E-state index is 13.0. The molecule has 1 unspecified atom stereocenters. The van der Waals surface area contributed by atoms with Crippen LogP contribution in [0.3, 0.4) is 0 Å². The lowest BCUT2D eigenvalue weighted by Gasteiger charge is -2.18. The molecular formula is C19H26N4O3S. The maximum absolute atomic E-state index is 13.0. The Morgan fingerprint density at radius 2 is 1.85 bits per heavy atom. The lowest BCUT2D eigenvalue weighted by atomic mass is 10.1. The van der Waals surface area contributed by atoms with Gasteiger partial charge in [-0.2, -0.15) is 0 Å². The standard InChI is InChI=1S/C19H26N4O3S/c1-12-10-16(26-3)17(11-13(12)2)27(24,25)22-15-6-7-18-20-21-19(14-4-5-14)23(18)9-8-15/h10-11,14-15,22H,4-9H2,1-3H3. The number of rotatable bonds is 5. The smallest absolute Gasteiger partial charge is 0.244 e. The first-order chi connectivity index (χ1) is 12.9. The number of sulfonamides is 1. The van der Waals surface area contributed by atoms with Crippen LogP contribution in [-0.2, 0) is 23.0 Å². The molecule has 1 atom stereocenters. The van der Waals surface area contributed by atoms with Crippen LogP contribution in [0.4, 0.5) is 0 Å². The zero-order valence-electron chi connectivity index (χ0n) is 16.0. The zero-order valence-corrected chi connectivity index (χ0v) is 16.8. The summed E-state index contributed by atoms with van der Waals surface area (Å²) in [4.78, 5) is 0.204. The zero-order chi connectivity index (χ0) is 19.2. The van der Waals surface area contributed by atoms with E-state index in [0.29, 0.717) is 11.7 Å². The second-order valence-corrected chi connectivity index (χ2v) is 9.32. The van der Waals surface area contributed by atoms with E-state index in [2.05, 4.69) is 19.5 Å². The van der Waals surface area contributed by atoms with E-state index in [4.69, 9.17) is 4.74 Å². The number of aryl methyl sites for hydroxylation is 3. The highest BCUT2D eigenvalue weighted by molar-refractivity contribution is 7.89. The van der Waals surface area contributed by atoms with Gasteiger partial charge >= 0.3 is 0 Å². The normalized spacial score (nSPS) is 20.2. The predicted octanol–water partition coefficient (Wildman–Crippen LogP) is 2.46. The maximum Gasteiger partial charge on any atom is 0.244 e. The molecule has 1 N–H and O–H groups in total. The summed E-state index contributed by atoms with van der Waals surface area (Å²) in [6.07, 6.45) is 4.55. The van der Waals surface area contributed by atoms with E-state index in [1.807, 2.05) is 13.8 Å². The van der Waals surface area contributed by atoms with Crippen molar-refractivity contribution in [1.29, 1.82) is 0 Å². The van der Waals surface area contributed by atoms with Crippen molar-refractivity contribution in [3.05, 3.63) is 34.9 Å².